The first kappa shape index (κ1) is 5.51. The Bertz CT molecular complexity index is 73.8. The van der Waals surface area contributed by atoms with E-state index >= 15 is 0 Å². The monoisotopic (exact) mass is 133 g/mol. The van der Waals surface area contributed by atoms with Crippen molar-refractivity contribution in [3.05, 3.63) is 0 Å². The van der Waals surface area contributed by atoms with Crippen LogP contribution in [0.15, 0.2) is 4.99 Å². The lowest BCUT2D eigenvalue weighted by Gasteiger charge is -1.97. The molecule has 0 aromatic carbocycles. The fourth-order valence-electron chi connectivity index (χ4n) is 0.413. The molecule has 0 amide bonds. The predicted octanol–water partition coefficient (Wildman–Crippen LogP) is 1.45. The Morgan fingerprint density at radius 3 is 3.14 bits per heavy atom. The number of nitrogens with zero attached hydrogens (tertiary/aromatic N) is 1. The van der Waals surface area contributed by atoms with Gasteiger partial charge >= 0.3 is 0 Å². The molecule has 1 nitrogen and oxygen atoms in total. The van der Waals surface area contributed by atoms with Gasteiger partial charge in [-0.15, -0.1) is 11.8 Å². The number of rotatable bonds is 1. The van der Waals surface area contributed by atoms with Gasteiger partial charge in [-0.05, 0) is 6.26 Å². The molecule has 1 aliphatic rings. The minimum atomic E-state index is 0.708. The van der Waals surface area contributed by atoms with Gasteiger partial charge in [0, 0.05) is 0 Å². The molecule has 0 aliphatic carbocycles. The zero-order valence-corrected chi connectivity index (χ0v) is 5.76. The van der Waals surface area contributed by atoms with E-state index in [4.69, 9.17) is 0 Å². The van der Waals surface area contributed by atoms with Gasteiger partial charge in [0.05, 0.1) is 16.7 Å². The average Bonchev–Trinajstić information content (AvgIpc) is 2.14. The molecule has 0 fully saturated rings. The van der Waals surface area contributed by atoms with Crippen molar-refractivity contribution in [1.82, 2.24) is 0 Å². The van der Waals surface area contributed by atoms with Crippen molar-refractivity contribution in [1.29, 1.82) is 0 Å². The van der Waals surface area contributed by atoms with Gasteiger partial charge in [0.1, 0.15) is 0 Å². The molecule has 0 spiro atoms. The van der Waals surface area contributed by atoms with Crippen molar-refractivity contribution in [2.24, 2.45) is 4.99 Å². The Hall–Kier alpha value is 0.370. The summed E-state index contributed by atoms with van der Waals surface area (Å²) in [6.07, 6.45) is 2.12. The van der Waals surface area contributed by atoms with Crippen LogP contribution >= 0.6 is 23.5 Å². The van der Waals surface area contributed by atoms with Gasteiger partial charge in [0.15, 0.2) is 0 Å². The molecule has 0 aromatic heterocycles. The summed E-state index contributed by atoms with van der Waals surface area (Å²) in [6, 6.07) is 0. The molecule has 0 radical (unpaired) electrons. The summed E-state index contributed by atoms with van der Waals surface area (Å²) in [5.41, 5.74) is 1.93. The second-order valence-corrected chi connectivity index (χ2v) is 3.66. The smallest absolute Gasteiger partial charge is 0.0750 e. The number of hydrogen-bond acceptors (Lipinski definition) is 3. The van der Waals surface area contributed by atoms with E-state index in [1.54, 1.807) is 0 Å². The van der Waals surface area contributed by atoms with E-state index in [-0.39, 0.29) is 0 Å². The predicted molar refractivity (Wildman–Crippen MR) is 38.3 cm³/mol. The van der Waals surface area contributed by atoms with Crippen LogP contribution in [-0.2, 0) is 0 Å². The van der Waals surface area contributed by atoms with Crippen LogP contribution in [0.4, 0.5) is 0 Å². The van der Waals surface area contributed by atoms with Crippen LogP contribution in [0.3, 0.4) is 0 Å². The quantitative estimate of drug-likeness (QED) is 0.537. The molecule has 0 saturated heterocycles. The van der Waals surface area contributed by atoms with Crippen molar-refractivity contribution in [3.63, 3.8) is 0 Å². The third kappa shape index (κ3) is 1.39. The summed E-state index contributed by atoms with van der Waals surface area (Å²) in [7, 11) is 0. The van der Waals surface area contributed by atoms with Crippen LogP contribution in [0.5, 0.6) is 0 Å². The van der Waals surface area contributed by atoms with Gasteiger partial charge in [-0.2, -0.15) is 0 Å². The Morgan fingerprint density at radius 2 is 2.86 bits per heavy atom. The maximum atomic E-state index is 4.05. The van der Waals surface area contributed by atoms with Crippen LogP contribution in [0, 0.1) is 0 Å². The Labute approximate surface area is 52.0 Å². The highest BCUT2D eigenvalue weighted by atomic mass is 32.2. The van der Waals surface area contributed by atoms with Crippen molar-refractivity contribution in [2.45, 2.75) is 4.58 Å². The largest absolute Gasteiger partial charge is 0.284 e. The summed E-state index contributed by atoms with van der Waals surface area (Å²) in [6.45, 7) is 1.01. The fourth-order valence-corrected chi connectivity index (χ4v) is 1.72. The standard InChI is InChI=1S/C4H7NS2/c1-6-4-2-5-3-7-4/h3-4H,2H2,1H3. The van der Waals surface area contributed by atoms with E-state index in [9.17, 15) is 0 Å². The van der Waals surface area contributed by atoms with Crippen molar-refractivity contribution in [2.75, 3.05) is 12.8 Å². The van der Waals surface area contributed by atoms with Gasteiger partial charge in [-0.1, -0.05) is 11.8 Å². The lowest BCUT2D eigenvalue weighted by Crippen LogP contribution is -1.92. The van der Waals surface area contributed by atoms with E-state index in [1.807, 2.05) is 29.1 Å². The van der Waals surface area contributed by atoms with Gasteiger partial charge in [-0.3, -0.25) is 4.99 Å². The second kappa shape index (κ2) is 2.62. The first-order valence-corrected chi connectivity index (χ1v) is 4.33. The number of hydrogen-bond donors (Lipinski definition) is 0. The maximum Gasteiger partial charge on any atom is 0.0750 e. The van der Waals surface area contributed by atoms with Gasteiger partial charge in [-0.25, -0.2) is 0 Å². The normalized spacial score (nSPS) is 29.0. The average molecular weight is 133 g/mol. The SMILES string of the molecule is CSC1CN=CS1. The van der Waals surface area contributed by atoms with Crippen LogP contribution in [0.25, 0.3) is 0 Å². The molecule has 1 rings (SSSR count). The first-order valence-electron chi connectivity index (χ1n) is 2.10. The highest BCUT2D eigenvalue weighted by molar-refractivity contribution is 8.23. The number of aliphatic imine (C=N–C) groups is 1. The molecule has 0 N–H and O–H groups in total. The first-order chi connectivity index (χ1) is 3.43. The zero-order valence-electron chi connectivity index (χ0n) is 4.13. The Morgan fingerprint density at radius 1 is 2.00 bits per heavy atom. The molecule has 40 valence electrons. The van der Waals surface area contributed by atoms with E-state index in [0.29, 0.717) is 4.58 Å². The fraction of sp³-hybridized carbons (Fsp3) is 0.750. The second-order valence-electron chi connectivity index (χ2n) is 1.27. The summed E-state index contributed by atoms with van der Waals surface area (Å²) in [5.74, 6) is 0. The molecule has 7 heavy (non-hydrogen) atoms. The third-order valence-electron chi connectivity index (χ3n) is 0.805. The van der Waals surface area contributed by atoms with Gasteiger partial charge in [0.2, 0.25) is 0 Å². The zero-order chi connectivity index (χ0) is 5.11. The number of thioether (sulfide) groups is 2. The van der Waals surface area contributed by atoms with Crippen molar-refractivity contribution >= 4 is 29.1 Å². The lowest BCUT2D eigenvalue weighted by atomic mass is 10.8. The molecule has 0 saturated carbocycles. The maximum absolute atomic E-state index is 4.05. The molecule has 1 unspecified atom stereocenters. The molecule has 0 aromatic rings. The molecule has 3 heteroatoms. The van der Waals surface area contributed by atoms with E-state index in [0.717, 1.165) is 6.54 Å². The van der Waals surface area contributed by atoms with Crippen LogP contribution in [-0.4, -0.2) is 22.9 Å². The lowest BCUT2D eigenvalue weighted by molar-refractivity contribution is 1.14. The highest BCUT2D eigenvalue weighted by Gasteiger charge is 2.07. The Balaban J connectivity index is 2.22. The van der Waals surface area contributed by atoms with Crippen LogP contribution < -0.4 is 0 Å². The summed E-state index contributed by atoms with van der Waals surface area (Å²) in [4.78, 5) is 4.05. The van der Waals surface area contributed by atoms with Crippen LogP contribution in [0.1, 0.15) is 0 Å². The minimum absolute atomic E-state index is 0.708. The third-order valence-corrected chi connectivity index (χ3v) is 3.11. The molecular weight excluding hydrogens is 126 g/mol. The van der Waals surface area contributed by atoms with E-state index < -0.39 is 0 Å². The van der Waals surface area contributed by atoms with Gasteiger partial charge < -0.3 is 0 Å². The minimum Gasteiger partial charge on any atom is -0.284 e. The highest BCUT2D eigenvalue weighted by Crippen LogP contribution is 2.23. The van der Waals surface area contributed by atoms with E-state index in [2.05, 4.69) is 11.2 Å². The summed E-state index contributed by atoms with van der Waals surface area (Å²) < 4.78 is 0.708. The van der Waals surface area contributed by atoms with Gasteiger partial charge in [0.25, 0.3) is 0 Å². The van der Waals surface area contributed by atoms with E-state index in [1.165, 1.54) is 0 Å². The molecule has 0 bridgehead atoms. The van der Waals surface area contributed by atoms with Crippen molar-refractivity contribution < 1.29 is 0 Å². The summed E-state index contributed by atoms with van der Waals surface area (Å²) in [5, 5.41) is 0. The molecular formula is C4H7NS2. The molecule has 1 aliphatic heterocycles. The topological polar surface area (TPSA) is 12.4 Å². The molecule has 1 atom stereocenters. The summed E-state index contributed by atoms with van der Waals surface area (Å²) >= 11 is 3.68. The van der Waals surface area contributed by atoms with Crippen molar-refractivity contribution in [3.8, 4) is 0 Å². The molecule has 1 heterocycles. The Kier molecular flexibility index (Phi) is 2.06. The van der Waals surface area contributed by atoms with Crippen LogP contribution in [0.2, 0.25) is 0 Å².